The minimum Gasteiger partial charge on any atom is -0.496 e. The molecule has 2 aromatic carbocycles. The zero-order chi connectivity index (χ0) is 22.4. The first-order valence-electron chi connectivity index (χ1n) is 9.49. The molecule has 0 N–H and O–H groups in total. The van der Waals surface area contributed by atoms with Gasteiger partial charge in [0.2, 0.25) is 10.0 Å². The van der Waals surface area contributed by atoms with Crippen LogP contribution in [0.2, 0.25) is 19.6 Å². The van der Waals surface area contributed by atoms with Crippen LogP contribution in [0.25, 0.3) is 0 Å². The van der Waals surface area contributed by atoms with Gasteiger partial charge in [0, 0.05) is 13.7 Å². The van der Waals surface area contributed by atoms with Crippen molar-refractivity contribution in [2.24, 2.45) is 0 Å². The molecule has 2 rings (SSSR count). The van der Waals surface area contributed by atoms with Crippen LogP contribution in [-0.2, 0) is 14.8 Å². The van der Waals surface area contributed by atoms with Gasteiger partial charge in [-0.05, 0) is 45.8 Å². The van der Waals surface area contributed by atoms with Gasteiger partial charge < -0.3 is 9.47 Å². The molecule has 0 saturated heterocycles. The van der Waals surface area contributed by atoms with E-state index in [1.54, 1.807) is 37.4 Å². The number of nitrogens with zero attached hydrogens (tertiary/aromatic N) is 1. The second kappa shape index (κ2) is 10.6. The topological polar surface area (TPSA) is 55.8 Å². The molecule has 0 aliphatic rings. The Morgan fingerprint density at radius 1 is 1.10 bits per heavy atom. The number of sulfonamides is 1. The van der Waals surface area contributed by atoms with Crippen LogP contribution in [0.1, 0.15) is 11.5 Å². The number of hydrogen-bond acceptors (Lipinski definition) is 4. The molecule has 0 bridgehead atoms. The van der Waals surface area contributed by atoms with Crippen LogP contribution in [0.15, 0.2) is 57.9 Å². The smallest absolute Gasteiger partial charge is 0.245 e. The van der Waals surface area contributed by atoms with Gasteiger partial charge in [-0.1, -0.05) is 43.9 Å². The lowest BCUT2D eigenvalue weighted by molar-refractivity contribution is 0.116. The van der Waals surface area contributed by atoms with Gasteiger partial charge in [0.25, 0.3) is 0 Å². The highest BCUT2D eigenvalue weighted by Crippen LogP contribution is 2.30. The zero-order valence-corrected chi connectivity index (χ0v) is 21.4. The molecule has 0 fully saturated rings. The van der Waals surface area contributed by atoms with E-state index < -0.39 is 18.1 Å². The molecular formula is C22H28BrNO4SSi. The summed E-state index contributed by atoms with van der Waals surface area (Å²) in [6.45, 7) is 6.61. The van der Waals surface area contributed by atoms with Gasteiger partial charge in [-0.15, -0.1) is 11.5 Å². The largest absolute Gasteiger partial charge is 0.496 e. The van der Waals surface area contributed by atoms with Crippen LogP contribution in [0, 0.1) is 11.5 Å². The average Bonchev–Trinajstić information content (AvgIpc) is 2.70. The second-order valence-corrected chi connectivity index (χ2v) is 15.4. The Hall–Kier alpha value is -1.63. The second-order valence-electron chi connectivity index (χ2n) is 7.84. The predicted molar refractivity (Wildman–Crippen MR) is 127 cm³/mol. The first kappa shape index (κ1) is 24.6. The van der Waals surface area contributed by atoms with Gasteiger partial charge in [-0.2, -0.15) is 4.31 Å². The number of benzene rings is 2. The average molecular weight is 511 g/mol. The fourth-order valence-corrected chi connectivity index (χ4v) is 5.30. The summed E-state index contributed by atoms with van der Waals surface area (Å²) in [6.07, 6.45) is 0. The summed E-state index contributed by atoms with van der Waals surface area (Å²) in [5.74, 6) is 3.74. The molecule has 0 aliphatic carbocycles. The summed E-state index contributed by atoms with van der Waals surface area (Å²) >= 11 is 3.52. The third-order valence-electron chi connectivity index (χ3n) is 4.24. The maximum atomic E-state index is 13.2. The van der Waals surface area contributed by atoms with Crippen molar-refractivity contribution in [3.8, 4) is 17.2 Å². The highest BCUT2D eigenvalue weighted by Gasteiger charge is 2.27. The summed E-state index contributed by atoms with van der Waals surface area (Å²) in [4.78, 5) is 0.231. The molecule has 2 aromatic rings. The van der Waals surface area contributed by atoms with Crippen molar-refractivity contribution in [2.45, 2.75) is 30.5 Å². The molecule has 0 spiro atoms. The minimum absolute atomic E-state index is 0.0559. The SMILES string of the molecule is COCN(C[C@H](C#C[Si](C)(C)C)c1ccc(OC)c(Br)c1)S(=O)(=O)c1ccccc1. The molecule has 0 amide bonds. The van der Waals surface area contributed by atoms with E-state index in [2.05, 4.69) is 47.0 Å². The number of halogens is 1. The van der Waals surface area contributed by atoms with E-state index in [1.165, 1.54) is 11.4 Å². The summed E-state index contributed by atoms with van der Waals surface area (Å²) in [6, 6.07) is 14.1. The third kappa shape index (κ3) is 6.69. The first-order chi connectivity index (χ1) is 14.1. The normalized spacial score (nSPS) is 12.9. The number of rotatable bonds is 8. The number of ether oxygens (including phenoxy) is 2. The Morgan fingerprint density at radius 3 is 2.30 bits per heavy atom. The fourth-order valence-electron chi connectivity index (χ4n) is 2.75. The molecule has 30 heavy (non-hydrogen) atoms. The molecule has 8 heteroatoms. The standard InChI is InChI=1S/C22H28BrNO4SSi/c1-27-17-24(29(25,26)20-9-7-6-8-10-20)16-19(13-14-30(3,4)5)18-11-12-22(28-2)21(23)15-18/h6-12,15,19H,16-17H2,1-5H3/t19-/m0/s1. The van der Waals surface area contributed by atoms with Gasteiger partial charge in [0.1, 0.15) is 20.6 Å². The van der Waals surface area contributed by atoms with Gasteiger partial charge in [0.15, 0.2) is 0 Å². The quantitative estimate of drug-likeness (QED) is 0.293. The summed E-state index contributed by atoms with van der Waals surface area (Å²) in [5.41, 5.74) is 4.30. The lowest BCUT2D eigenvalue weighted by atomic mass is 10.00. The Balaban J connectivity index is 2.48. The molecule has 0 aliphatic heterocycles. The molecule has 0 unspecified atom stereocenters. The van der Waals surface area contributed by atoms with Crippen molar-refractivity contribution >= 4 is 34.0 Å². The maximum absolute atomic E-state index is 13.2. The lowest BCUT2D eigenvalue weighted by Gasteiger charge is -2.25. The Labute approximate surface area is 189 Å². The van der Waals surface area contributed by atoms with Crippen molar-refractivity contribution in [3.63, 3.8) is 0 Å². The first-order valence-corrected chi connectivity index (χ1v) is 15.2. The maximum Gasteiger partial charge on any atom is 0.245 e. The monoisotopic (exact) mass is 509 g/mol. The van der Waals surface area contributed by atoms with Crippen LogP contribution < -0.4 is 4.74 Å². The van der Waals surface area contributed by atoms with Gasteiger partial charge in [-0.25, -0.2) is 8.42 Å². The Kier molecular flexibility index (Phi) is 8.70. The van der Waals surface area contributed by atoms with Gasteiger partial charge in [-0.3, -0.25) is 0 Å². The van der Waals surface area contributed by atoms with E-state index in [1.807, 2.05) is 18.2 Å². The molecule has 0 radical (unpaired) electrons. The summed E-state index contributed by atoms with van der Waals surface area (Å²) in [5, 5.41) is 0. The van der Waals surface area contributed by atoms with Crippen LogP contribution in [0.5, 0.6) is 5.75 Å². The van der Waals surface area contributed by atoms with Gasteiger partial charge >= 0.3 is 0 Å². The van der Waals surface area contributed by atoms with E-state index in [4.69, 9.17) is 9.47 Å². The van der Waals surface area contributed by atoms with E-state index in [-0.39, 0.29) is 24.1 Å². The molecule has 5 nitrogen and oxygen atoms in total. The molecule has 1 atom stereocenters. The summed E-state index contributed by atoms with van der Waals surface area (Å²) in [7, 11) is -2.30. The van der Waals surface area contributed by atoms with Crippen molar-refractivity contribution in [2.75, 3.05) is 27.5 Å². The van der Waals surface area contributed by atoms with E-state index in [9.17, 15) is 8.42 Å². The van der Waals surface area contributed by atoms with Crippen LogP contribution >= 0.6 is 15.9 Å². The molecule has 0 heterocycles. The summed E-state index contributed by atoms with van der Waals surface area (Å²) < 4.78 is 39.2. The van der Waals surface area contributed by atoms with Crippen molar-refractivity contribution in [3.05, 3.63) is 58.6 Å². The third-order valence-corrected chi connectivity index (χ3v) is 7.56. The number of hydrogen-bond donors (Lipinski definition) is 0. The van der Waals surface area contributed by atoms with Crippen LogP contribution in [0.4, 0.5) is 0 Å². The van der Waals surface area contributed by atoms with Gasteiger partial charge in [0.05, 0.1) is 22.4 Å². The van der Waals surface area contributed by atoms with E-state index in [0.29, 0.717) is 5.75 Å². The van der Waals surface area contributed by atoms with Crippen LogP contribution in [-0.4, -0.2) is 48.3 Å². The highest BCUT2D eigenvalue weighted by molar-refractivity contribution is 9.10. The van der Waals surface area contributed by atoms with Crippen molar-refractivity contribution in [1.29, 1.82) is 0 Å². The van der Waals surface area contributed by atoms with Crippen LogP contribution in [0.3, 0.4) is 0 Å². The van der Waals surface area contributed by atoms with E-state index >= 15 is 0 Å². The van der Waals surface area contributed by atoms with Crippen molar-refractivity contribution < 1.29 is 17.9 Å². The zero-order valence-electron chi connectivity index (χ0n) is 18.0. The minimum atomic E-state index is -3.73. The van der Waals surface area contributed by atoms with Crippen molar-refractivity contribution in [1.82, 2.24) is 4.31 Å². The number of methoxy groups -OCH3 is 2. The Morgan fingerprint density at radius 2 is 1.77 bits per heavy atom. The molecule has 162 valence electrons. The molecule has 0 aromatic heterocycles. The molecular weight excluding hydrogens is 482 g/mol. The molecule has 0 saturated carbocycles. The highest BCUT2D eigenvalue weighted by atomic mass is 79.9. The Bertz CT molecular complexity index is 1010. The van der Waals surface area contributed by atoms with E-state index in [0.717, 1.165) is 10.0 Å². The predicted octanol–water partition coefficient (Wildman–Crippen LogP) is 4.72. The fraction of sp³-hybridized carbons (Fsp3) is 0.364. The lowest BCUT2D eigenvalue weighted by Crippen LogP contribution is -2.36.